The van der Waals surface area contributed by atoms with E-state index in [4.69, 9.17) is 0 Å². The number of nitrogens with zero attached hydrogens (tertiary/aromatic N) is 2. The molecule has 0 saturated heterocycles. The fourth-order valence-electron chi connectivity index (χ4n) is 2.43. The van der Waals surface area contributed by atoms with Crippen LogP contribution < -0.4 is 5.32 Å². The van der Waals surface area contributed by atoms with Crippen LogP contribution in [0.5, 0.6) is 0 Å². The summed E-state index contributed by atoms with van der Waals surface area (Å²) in [6.45, 7) is 7.53. The standard InChI is InChI=1S/C12H21N3/c1-4-15-8-10(3)13-12(15)14-11-7-5-6-9(11)2/h8-9,11H,4-7H2,1-3H3,(H,13,14). The zero-order valence-electron chi connectivity index (χ0n) is 9.95. The highest BCUT2D eigenvalue weighted by Gasteiger charge is 2.24. The van der Waals surface area contributed by atoms with Crippen LogP contribution in [0, 0.1) is 12.8 Å². The van der Waals surface area contributed by atoms with Crippen molar-refractivity contribution >= 4 is 5.95 Å². The monoisotopic (exact) mass is 207 g/mol. The molecular formula is C12H21N3. The van der Waals surface area contributed by atoms with Crippen LogP contribution >= 0.6 is 0 Å². The van der Waals surface area contributed by atoms with Crippen molar-refractivity contribution < 1.29 is 0 Å². The van der Waals surface area contributed by atoms with Gasteiger partial charge in [-0.25, -0.2) is 4.98 Å². The van der Waals surface area contributed by atoms with Crippen LogP contribution in [0.3, 0.4) is 0 Å². The van der Waals surface area contributed by atoms with Crippen molar-refractivity contribution in [3.8, 4) is 0 Å². The molecule has 2 atom stereocenters. The molecule has 0 spiro atoms. The minimum atomic E-state index is 0.622. The van der Waals surface area contributed by atoms with Gasteiger partial charge in [0.25, 0.3) is 0 Å². The molecule has 0 aliphatic heterocycles. The minimum Gasteiger partial charge on any atom is -0.353 e. The molecule has 1 heterocycles. The lowest BCUT2D eigenvalue weighted by atomic mass is 10.1. The van der Waals surface area contributed by atoms with E-state index in [0.717, 1.165) is 24.1 Å². The Morgan fingerprint density at radius 1 is 1.53 bits per heavy atom. The number of anilines is 1. The lowest BCUT2D eigenvalue weighted by Gasteiger charge is -2.18. The van der Waals surface area contributed by atoms with Gasteiger partial charge in [0.1, 0.15) is 0 Å². The van der Waals surface area contributed by atoms with E-state index in [2.05, 4.69) is 41.8 Å². The quantitative estimate of drug-likeness (QED) is 0.826. The van der Waals surface area contributed by atoms with Gasteiger partial charge in [-0.15, -0.1) is 0 Å². The first kappa shape index (κ1) is 10.5. The van der Waals surface area contributed by atoms with Crippen LogP contribution in [-0.2, 0) is 6.54 Å². The Hall–Kier alpha value is -0.990. The van der Waals surface area contributed by atoms with Gasteiger partial charge in [0.05, 0.1) is 5.69 Å². The molecule has 3 nitrogen and oxygen atoms in total. The first-order chi connectivity index (χ1) is 7.20. The summed E-state index contributed by atoms with van der Waals surface area (Å²) >= 11 is 0. The van der Waals surface area contributed by atoms with Gasteiger partial charge >= 0.3 is 0 Å². The summed E-state index contributed by atoms with van der Waals surface area (Å²) < 4.78 is 2.19. The Morgan fingerprint density at radius 2 is 2.33 bits per heavy atom. The van der Waals surface area contributed by atoms with Gasteiger partial charge in [0.2, 0.25) is 5.95 Å². The lowest BCUT2D eigenvalue weighted by molar-refractivity contribution is 0.549. The maximum atomic E-state index is 4.53. The number of aryl methyl sites for hydroxylation is 2. The fourth-order valence-corrected chi connectivity index (χ4v) is 2.43. The van der Waals surface area contributed by atoms with Gasteiger partial charge in [-0.3, -0.25) is 0 Å². The predicted molar refractivity (Wildman–Crippen MR) is 63.1 cm³/mol. The summed E-state index contributed by atoms with van der Waals surface area (Å²) in [6, 6.07) is 0.622. The minimum absolute atomic E-state index is 0.622. The Bertz CT molecular complexity index is 330. The average molecular weight is 207 g/mol. The van der Waals surface area contributed by atoms with Crippen LogP contribution in [0.15, 0.2) is 6.20 Å². The van der Waals surface area contributed by atoms with E-state index < -0.39 is 0 Å². The molecule has 1 aromatic rings. The molecule has 1 N–H and O–H groups in total. The highest BCUT2D eigenvalue weighted by atomic mass is 15.2. The molecule has 0 bridgehead atoms. The van der Waals surface area contributed by atoms with Gasteiger partial charge in [0, 0.05) is 18.8 Å². The molecule has 84 valence electrons. The highest BCUT2D eigenvalue weighted by Crippen LogP contribution is 2.27. The molecule has 0 amide bonds. The van der Waals surface area contributed by atoms with Crippen molar-refractivity contribution in [2.75, 3.05) is 5.32 Å². The maximum absolute atomic E-state index is 4.53. The Labute approximate surface area is 91.9 Å². The molecule has 0 radical (unpaired) electrons. The van der Waals surface area contributed by atoms with E-state index >= 15 is 0 Å². The van der Waals surface area contributed by atoms with Crippen molar-refractivity contribution in [2.45, 2.75) is 52.6 Å². The smallest absolute Gasteiger partial charge is 0.203 e. The molecule has 1 aliphatic carbocycles. The number of nitrogens with one attached hydrogen (secondary N) is 1. The van der Waals surface area contributed by atoms with Crippen LogP contribution in [0.2, 0.25) is 0 Å². The summed E-state index contributed by atoms with van der Waals surface area (Å²) in [7, 11) is 0. The summed E-state index contributed by atoms with van der Waals surface area (Å²) in [5.41, 5.74) is 1.10. The van der Waals surface area contributed by atoms with Crippen molar-refractivity contribution in [1.82, 2.24) is 9.55 Å². The van der Waals surface area contributed by atoms with E-state index in [0.29, 0.717) is 6.04 Å². The van der Waals surface area contributed by atoms with Crippen LogP contribution in [0.25, 0.3) is 0 Å². The van der Waals surface area contributed by atoms with Crippen molar-refractivity contribution in [2.24, 2.45) is 5.92 Å². The van der Waals surface area contributed by atoms with Crippen molar-refractivity contribution in [3.63, 3.8) is 0 Å². The van der Waals surface area contributed by atoms with E-state index in [1.807, 2.05) is 0 Å². The van der Waals surface area contributed by atoms with Gasteiger partial charge in [0.15, 0.2) is 0 Å². The Morgan fingerprint density at radius 3 is 2.93 bits per heavy atom. The van der Waals surface area contributed by atoms with Crippen molar-refractivity contribution in [3.05, 3.63) is 11.9 Å². The Balaban J connectivity index is 2.09. The number of hydrogen-bond donors (Lipinski definition) is 1. The molecule has 3 heteroatoms. The number of aromatic nitrogens is 2. The first-order valence-corrected chi connectivity index (χ1v) is 6.01. The molecule has 1 aliphatic rings. The third kappa shape index (κ3) is 2.16. The molecule has 2 unspecified atom stereocenters. The van der Waals surface area contributed by atoms with Crippen LogP contribution in [-0.4, -0.2) is 15.6 Å². The van der Waals surface area contributed by atoms with Gasteiger partial charge < -0.3 is 9.88 Å². The molecule has 1 saturated carbocycles. The summed E-state index contributed by atoms with van der Waals surface area (Å²) in [6.07, 6.45) is 6.10. The topological polar surface area (TPSA) is 29.9 Å². The van der Waals surface area contributed by atoms with E-state index in [9.17, 15) is 0 Å². The lowest BCUT2D eigenvalue weighted by Crippen LogP contribution is -2.23. The molecular weight excluding hydrogens is 186 g/mol. The second-order valence-electron chi connectivity index (χ2n) is 4.65. The van der Waals surface area contributed by atoms with Gasteiger partial charge in [-0.1, -0.05) is 13.3 Å². The summed E-state index contributed by atoms with van der Waals surface area (Å²) in [5.74, 6) is 1.83. The highest BCUT2D eigenvalue weighted by molar-refractivity contribution is 5.30. The van der Waals surface area contributed by atoms with Crippen molar-refractivity contribution in [1.29, 1.82) is 0 Å². The summed E-state index contributed by atoms with van der Waals surface area (Å²) in [5, 5.41) is 3.58. The third-order valence-corrected chi connectivity index (χ3v) is 3.41. The zero-order chi connectivity index (χ0) is 10.8. The maximum Gasteiger partial charge on any atom is 0.203 e. The Kier molecular flexibility index (Phi) is 2.98. The third-order valence-electron chi connectivity index (χ3n) is 3.41. The predicted octanol–water partition coefficient (Wildman–Crippen LogP) is 2.81. The summed E-state index contributed by atoms with van der Waals surface area (Å²) in [4.78, 5) is 4.53. The van der Waals surface area contributed by atoms with Crippen LogP contribution in [0.4, 0.5) is 5.95 Å². The molecule has 1 fully saturated rings. The van der Waals surface area contributed by atoms with Gasteiger partial charge in [-0.05, 0) is 32.6 Å². The van der Waals surface area contributed by atoms with E-state index in [-0.39, 0.29) is 0 Å². The molecule has 0 aromatic carbocycles. The normalized spacial score (nSPS) is 25.8. The molecule has 15 heavy (non-hydrogen) atoms. The first-order valence-electron chi connectivity index (χ1n) is 6.01. The largest absolute Gasteiger partial charge is 0.353 e. The molecule has 1 aromatic heterocycles. The average Bonchev–Trinajstić information content (AvgIpc) is 2.75. The number of imidazole rings is 1. The number of hydrogen-bond acceptors (Lipinski definition) is 2. The second kappa shape index (κ2) is 4.25. The van der Waals surface area contributed by atoms with Gasteiger partial charge in [-0.2, -0.15) is 0 Å². The van der Waals surface area contributed by atoms with Crippen LogP contribution in [0.1, 0.15) is 38.8 Å². The second-order valence-corrected chi connectivity index (χ2v) is 4.65. The fraction of sp³-hybridized carbons (Fsp3) is 0.750. The number of rotatable bonds is 3. The van der Waals surface area contributed by atoms with E-state index in [1.165, 1.54) is 19.3 Å². The zero-order valence-corrected chi connectivity index (χ0v) is 9.95. The van der Waals surface area contributed by atoms with E-state index in [1.54, 1.807) is 0 Å². The molecule has 2 rings (SSSR count). The SMILES string of the molecule is CCn1cc(C)nc1NC1CCCC1C.